The van der Waals surface area contributed by atoms with Crippen molar-refractivity contribution in [3.63, 3.8) is 0 Å². The largest absolute Gasteiger partial charge is 0.378 e. The Morgan fingerprint density at radius 3 is 2.52 bits per heavy atom. The van der Waals surface area contributed by atoms with Crippen LogP contribution in [0.5, 0.6) is 0 Å². The molecule has 0 saturated carbocycles. The van der Waals surface area contributed by atoms with Gasteiger partial charge in [0.15, 0.2) is 0 Å². The molecule has 6 nitrogen and oxygen atoms in total. The van der Waals surface area contributed by atoms with Gasteiger partial charge in [-0.3, -0.25) is 14.7 Å². The Bertz CT molecular complexity index is 851. The quantitative estimate of drug-likeness (QED) is 0.896. The minimum Gasteiger partial charge on any atom is -0.378 e. The SMILES string of the molecule is Cc1cccc(C)c1CN1CCc2nc(N3CCOCC3)[nH]c(=O)c2CC1. The number of rotatable bonds is 3. The highest BCUT2D eigenvalue weighted by Gasteiger charge is 2.22. The number of hydrogen-bond acceptors (Lipinski definition) is 5. The Balaban J connectivity index is 1.52. The van der Waals surface area contributed by atoms with E-state index < -0.39 is 0 Å². The summed E-state index contributed by atoms with van der Waals surface area (Å²) in [5.41, 5.74) is 5.92. The van der Waals surface area contributed by atoms with E-state index in [-0.39, 0.29) is 5.56 Å². The molecule has 2 aromatic rings. The van der Waals surface area contributed by atoms with E-state index in [0.29, 0.717) is 19.2 Å². The Morgan fingerprint density at radius 1 is 1.07 bits per heavy atom. The number of aromatic nitrogens is 2. The molecular formula is C21H28N4O2. The topological polar surface area (TPSA) is 61.5 Å². The number of ether oxygens (including phenoxy) is 1. The van der Waals surface area contributed by atoms with Crippen molar-refractivity contribution in [3.8, 4) is 0 Å². The number of morpholine rings is 1. The second-order valence-corrected chi connectivity index (χ2v) is 7.56. The predicted molar refractivity (Wildman–Crippen MR) is 106 cm³/mol. The van der Waals surface area contributed by atoms with E-state index in [4.69, 9.17) is 9.72 Å². The zero-order chi connectivity index (χ0) is 18.8. The molecule has 0 aliphatic carbocycles. The van der Waals surface area contributed by atoms with Gasteiger partial charge in [0.25, 0.3) is 5.56 Å². The fraction of sp³-hybridized carbons (Fsp3) is 0.524. The molecule has 27 heavy (non-hydrogen) atoms. The van der Waals surface area contributed by atoms with Crippen LogP contribution in [0.2, 0.25) is 0 Å². The zero-order valence-electron chi connectivity index (χ0n) is 16.3. The van der Waals surface area contributed by atoms with Crippen molar-refractivity contribution in [2.24, 2.45) is 0 Å². The Hall–Kier alpha value is -2.18. The number of H-pyrrole nitrogens is 1. The molecule has 2 aliphatic rings. The molecule has 0 bridgehead atoms. The molecule has 0 spiro atoms. The number of nitrogens with one attached hydrogen (secondary N) is 1. The van der Waals surface area contributed by atoms with Crippen molar-refractivity contribution in [2.75, 3.05) is 44.3 Å². The second-order valence-electron chi connectivity index (χ2n) is 7.56. The standard InChI is InChI=1S/C21H28N4O2/c1-15-4-3-5-16(2)18(15)14-24-8-6-17-19(7-9-24)22-21(23-20(17)26)25-10-12-27-13-11-25/h3-5H,6-14H2,1-2H3,(H,22,23,26). The van der Waals surface area contributed by atoms with Crippen LogP contribution < -0.4 is 10.5 Å². The number of aromatic amines is 1. The molecule has 1 saturated heterocycles. The number of anilines is 1. The average Bonchev–Trinajstić information content (AvgIpc) is 2.88. The van der Waals surface area contributed by atoms with E-state index in [9.17, 15) is 4.79 Å². The summed E-state index contributed by atoms with van der Waals surface area (Å²) in [5.74, 6) is 0.699. The maximum Gasteiger partial charge on any atom is 0.255 e. The number of fused-ring (bicyclic) bond motifs is 1. The Labute approximate surface area is 160 Å². The maximum atomic E-state index is 12.7. The summed E-state index contributed by atoms with van der Waals surface area (Å²) in [6, 6.07) is 6.47. The van der Waals surface area contributed by atoms with Gasteiger partial charge in [0.1, 0.15) is 0 Å². The lowest BCUT2D eigenvalue weighted by atomic mass is 10.0. The smallest absolute Gasteiger partial charge is 0.255 e. The third kappa shape index (κ3) is 3.92. The van der Waals surface area contributed by atoms with Gasteiger partial charge >= 0.3 is 0 Å². The summed E-state index contributed by atoms with van der Waals surface area (Å²) < 4.78 is 5.41. The number of nitrogens with zero attached hydrogens (tertiary/aromatic N) is 3. The van der Waals surface area contributed by atoms with Crippen LogP contribution in [0.15, 0.2) is 23.0 Å². The van der Waals surface area contributed by atoms with Crippen molar-refractivity contribution in [2.45, 2.75) is 33.2 Å². The molecule has 1 N–H and O–H groups in total. The Kier molecular flexibility index (Phi) is 5.27. The third-order valence-electron chi connectivity index (χ3n) is 5.77. The van der Waals surface area contributed by atoms with Crippen LogP contribution in [0.3, 0.4) is 0 Å². The molecule has 3 heterocycles. The van der Waals surface area contributed by atoms with E-state index in [0.717, 1.165) is 56.8 Å². The van der Waals surface area contributed by atoms with Gasteiger partial charge in [0.2, 0.25) is 5.95 Å². The highest BCUT2D eigenvalue weighted by molar-refractivity contribution is 5.35. The normalized spacial score (nSPS) is 18.2. The lowest BCUT2D eigenvalue weighted by molar-refractivity contribution is 0.122. The van der Waals surface area contributed by atoms with E-state index >= 15 is 0 Å². The highest BCUT2D eigenvalue weighted by Crippen LogP contribution is 2.19. The number of benzene rings is 1. The van der Waals surface area contributed by atoms with Gasteiger partial charge in [0.05, 0.1) is 18.9 Å². The fourth-order valence-electron chi connectivity index (χ4n) is 4.05. The van der Waals surface area contributed by atoms with Crippen LogP contribution in [0.4, 0.5) is 5.95 Å². The average molecular weight is 368 g/mol. The molecule has 0 amide bonds. The monoisotopic (exact) mass is 368 g/mol. The van der Waals surface area contributed by atoms with Gasteiger partial charge in [-0.2, -0.15) is 0 Å². The van der Waals surface area contributed by atoms with Crippen LogP contribution in [0.1, 0.15) is 27.9 Å². The number of aryl methyl sites for hydroxylation is 2. The molecule has 0 unspecified atom stereocenters. The summed E-state index contributed by atoms with van der Waals surface area (Å²) in [6.07, 6.45) is 1.58. The Morgan fingerprint density at radius 2 is 1.78 bits per heavy atom. The zero-order valence-corrected chi connectivity index (χ0v) is 16.3. The van der Waals surface area contributed by atoms with Gasteiger partial charge in [-0.15, -0.1) is 0 Å². The van der Waals surface area contributed by atoms with Crippen molar-refractivity contribution >= 4 is 5.95 Å². The van der Waals surface area contributed by atoms with Crippen LogP contribution in [-0.4, -0.2) is 54.3 Å². The van der Waals surface area contributed by atoms with Crippen LogP contribution in [-0.2, 0) is 24.1 Å². The van der Waals surface area contributed by atoms with Crippen LogP contribution >= 0.6 is 0 Å². The second kappa shape index (κ2) is 7.82. The van der Waals surface area contributed by atoms with Crippen molar-refractivity contribution in [3.05, 3.63) is 56.5 Å². The maximum absolute atomic E-state index is 12.7. The van der Waals surface area contributed by atoms with Gasteiger partial charge in [0, 0.05) is 44.7 Å². The van der Waals surface area contributed by atoms with Gasteiger partial charge < -0.3 is 9.64 Å². The van der Waals surface area contributed by atoms with Crippen LogP contribution in [0.25, 0.3) is 0 Å². The summed E-state index contributed by atoms with van der Waals surface area (Å²) in [4.78, 5) is 25.1. The first kappa shape index (κ1) is 18.2. The molecule has 2 aliphatic heterocycles. The molecule has 6 heteroatoms. The molecule has 0 atom stereocenters. The van der Waals surface area contributed by atoms with E-state index in [2.05, 4.69) is 46.8 Å². The summed E-state index contributed by atoms with van der Waals surface area (Å²) >= 11 is 0. The van der Waals surface area contributed by atoms with Crippen molar-refractivity contribution in [1.29, 1.82) is 0 Å². The molecule has 4 rings (SSSR count). The summed E-state index contributed by atoms with van der Waals surface area (Å²) in [6.45, 7) is 10.0. The summed E-state index contributed by atoms with van der Waals surface area (Å²) in [7, 11) is 0. The minimum atomic E-state index is 0.0235. The van der Waals surface area contributed by atoms with Gasteiger partial charge in [-0.25, -0.2) is 4.98 Å². The fourth-order valence-corrected chi connectivity index (χ4v) is 4.05. The molecule has 1 fully saturated rings. The first-order chi connectivity index (χ1) is 13.1. The lowest BCUT2D eigenvalue weighted by Gasteiger charge is -2.27. The third-order valence-corrected chi connectivity index (χ3v) is 5.77. The van der Waals surface area contributed by atoms with Crippen molar-refractivity contribution < 1.29 is 4.74 Å². The minimum absolute atomic E-state index is 0.0235. The highest BCUT2D eigenvalue weighted by atomic mass is 16.5. The molecule has 0 radical (unpaired) electrons. The summed E-state index contributed by atoms with van der Waals surface area (Å²) in [5, 5.41) is 0. The molecule has 144 valence electrons. The number of hydrogen-bond donors (Lipinski definition) is 1. The van der Waals surface area contributed by atoms with E-state index in [1.54, 1.807) is 0 Å². The van der Waals surface area contributed by atoms with Gasteiger partial charge in [-0.05, 0) is 37.0 Å². The molecular weight excluding hydrogens is 340 g/mol. The first-order valence-electron chi connectivity index (χ1n) is 9.84. The van der Waals surface area contributed by atoms with Crippen LogP contribution in [0, 0.1) is 13.8 Å². The lowest BCUT2D eigenvalue weighted by Crippen LogP contribution is -2.38. The van der Waals surface area contributed by atoms with Crippen molar-refractivity contribution in [1.82, 2.24) is 14.9 Å². The molecule has 1 aromatic heterocycles. The predicted octanol–water partition coefficient (Wildman–Crippen LogP) is 1.82. The van der Waals surface area contributed by atoms with Gasteiger partial charge in [-0.1, -0.05) is 18.2 Å². The van der Waals surface area contributed by atoms with E-state index in [1.165, 1.54) is 16.7 Å². The molecule has 1 aromatic carbocycles. The van der Waals surface area contributed by atoms with E-state index in [1.807, 2.05) is 0 Å². The first-order valence-corrected chi connectivity index (χ1v) is 9.84.